The smallest absolute Gasteiger partial charge is 0.261 e. The van der Waals surface area contributed by atoms with Crippen LogP contribution in [0.2, 0.25) is 0 Å². The van der Waals surface area contributed by atoms with Crippen molar-refractivity contribution < 1.29 is 13.5 Å². The van der Waals surface area contributed by atoms with Gasteiger partial charge < -0.3 is 15.8 Å². The molecule has 0 saturated heterocycles. The summed E-state index contributed by atoms with van der Waals surface area (Å²) in [5, 5.41) is 3.30. The summed E-state index contributed by atoms with van der Waals surface area (Å²) in [6.07, 6.45) is 2.35. The molecule has 1 unspecified atom stereocenters. The van der Waals surface area contributed by atoms with Gasteiger partial charge in [-0.3, -0.25) is 4.98 Å². The molecule has 1 rings (SSSR count). The average molecular weight is 273 g/mol. The molecule has 0 aromatic carbocycles. The fourth-order valence-electron chi connectivity index (χ4n) is 1.84. The molecule has 0 aliphatic heterocycles. The van der Waals surface area contributed by atoms with E-state index in [1.54, 1.807) is 18.5 Å². The first-order valence-electron chi connectivity index (χ1n) is 6.41. The number of nitrogens with zero attached hydrogens (tertiary/aromatic N) is 1. The van der Waals surface area contributed by atoms with E-state index in [1.165, 1.54) is 0 Å². The van der Waals surface area contributed by atoms with Crippen LogP contribution < -0.4 is 11.1 Å². The van der Waals surface area contributed by atoms with Crippen molar-refractivity contribution in [2.45, 2.75) is 32.2 Å². The Hall–Kier alpha value is -1.27. The van der Waals surface area contributed by atoms with Gasteiger partial charge in [-0.1, -0.05) is 6.92 Å². The quantitative estimate of drug-likeness (QED) is 0.674. The Labute approximate surface area is 112 Å². The Bertz CT molecular complexity index is 363. The number of nitrogens with one attached hydrogen (secondary N) is 1. The lowest BCUT2D eigenvalue weighted by Gasteiger charge is -2.18. The van der Waals surface area contributed by atoms with Gasteiger partial charge in [-0.15, -0.1) is 0 Å². The maximum atomic E-state index is 11.9. The number of pyridine rings is 1. The molecule has 0 saturated carbocycles. The molecule has 0 aliphatic carbocycles. The monoisotopic (exact) mass is 273 g/mol. The van der Waals surface area contributed by atoms with Crippen LogP contribution in [-0.2, 0) is 11.2 Å². The van der Waals surface area contributed by atoms with Gasteiger partial charge in [0.15, 0.2) is 0 Å². The molecular formula is C13H21F2N3O. The molecule has 4 nitrogen and oxygen atoms in total. The molecule has 0 spiro atoms. The third-order valence-electron chi connectivity index (χ3n) is 2.75. The summed E-state index contributed by atoms with van der Waals surface area (Å²) in [5.41, 5.74) is 7.52. The van der Waals surface area contributed by atoms with Crippen LogP contribution in [0.1, 0.15) is 18.9 Å². The molecule has 1 aromatic heterocycles. The van der Waals surface area contributed by atoms with Gasteiger partial charge in [-0.25, -0.2) is 8.78 Å². The van der Waals surface area contributed by atoms with Gasteiger partial charge in [-0.2, -0.15) is 0 Å². The highest BCUT2D eigenvalue weighted by molar-refractivity contribution is 5.44. The van der Waals surface area contributed by atoms with Crippen LogP contribution in [0.4, 0.5) is 14.5 Å². The molecule has 1 atom stereocenters. The van der Waals surface area contributed by atoms with E-state index in [1.807, 2.05) is 6.92 Å². The SMILES string of the molecule is CCNC(CCOCC(F)F)Cc1cnccc1N. The van der Waals surface area contributed by atoms with Crippen LogP contribution in [0.3, 0.4) is 0 Å². The minimum absolute atomic E-state index is 0.147. The summed E-state index contributed by atoms with van der Waals surface area (Å²) in [6.45, 7) is 2.61. The van der Waals surface area contributed by atoms with Crippen molar-refractivity contribution in [2.24, 2.45) is 0 Å². The van der Waals surface area contributed by atoms with Crippen LogP contribution in [0.15, 0.2) is 18.5 Å². The lowest BCUT2D eigenvalue weighted by atomic mass is 10.0. The summed E-state index contributed by atoms with van der Waals surface area (Å²) < 4.78 is 28.8. The van der Waals surface area contributed by atoms with E-state index in [-0.39, 0.29) is 6.04 Å². The first-order chi connectivity index (χ1) is 9.13. The van der Waals surface area contributed by atoms with Crippen molar-refractivity contribution in [2.75, 3.05) is 25.5 Å². The molecule has 6 heteroatoms. The van der Waals surface area contributed by atoms with Crippen LogP contribution in [0.5, 0.6) is 0 Å². The zero-order valence-corrected chi connectivity index (χ0v) is 11.1. The zero-order valence-electron chi connectivity index (χ0n) is 11.1. The summed E-state index contributed by atoms with van der Waals surface area (Å²) in [7, 11) is 0. The summed E-state index contributed by atoms with van der Waals surface area (Å²) in [5.74, 6) is 0. The van der Waals surface area contributed by atoms with Crippen molar-refractivity contribution >= 4 is 5.69 Å². The average Bonchev–Trinajstić information content (AvgIpc) is 2.37. The number of aromatic nitrogens is 1. The molecule has 0 amide bonds. The zero-order chi connectivity index (χ0) is 14.1. The normalized spacial score (nSPS) is 12.8. The molecule has 1 heterocycles. The van der Waals surface area contributed by atoms with E-state index < -0.39 is 13.0 Å². The Morgan fingerprint density at radius 2 is 2.26 bits per heavy atom. The number of rotatable bonds is 9. The predicted octanol–water partition coefficient (Wildman–Crippen LogP) is 1.86. The highest BCUT2D eigenvalue weighted by Gasteiger charge is 2.11. The summed E-state index contributed by atoms with van der Waals surface area (Å²) >= 11 is 0. The van der Waals surface area contributed by atoms with E-state index in [9.17, 15) is 8.78 Å². The van der Waals surface area contributed by atoms with Crippen LogP contribution in [0.25, 0.3) is 0 Å². The first kappa shape index (κ1) is 15.8. The number of nitrogens with two attached hydrogens (primary N) is 1. The number of hydrogen-bond acceptors (Lipinski definition) is 4. The van der Waals surface area contributed by atoms with Gasteiger partial charge >= 0.3 is 0 Å². The molecule has 0 aliphatic rings. The second kappa shape index (κ2) is 8.77. The number of anilines is 1. The number of alkyl halides is 2. The van der Waals surface area contributed by atoms with Crippen molar-refractivity contribution in [3.63, 3.8) is 0 Å². The van der Waals surface area contributed by atoms with Crippen molar-refractivity contribution in [1.82, 2.24) is 10.3 Å². The fraction of sp³-hybridized carbons (Fsp3) is 0.615. The minimum Gasteiger partial charge on any atom is -0.398 e. The second-order valence-corrected chi connectivity index (χ2v) is 4.29. The highest BCUT2D eigenvalue weighted by atomic mass is 19.3. The molecular weight excluding hydrogens is 252 g/mol. The third kappa shape index (κ3) is 6.45. The van der Waals surface area contributed by atoms with Crippen LogP contribution in [-0.4, -0.2) is 37.2 Å². The van der Waals surface area contributed by atoms with E-state index in [0.29, 0.717) is 25.1 Å². The molecule has 0 fully saturated rings. The largest absolute Gasteiger partial charge is 0.398 e. The summed E-state index contributed by atoms with van der Waals surface area (Å²) in [6, 6.07) is 1.90. The number of hydrogen-bond donors (Lipinski definition) is 2. The number of ether oxygens (including phenoxy) is 1. The van der Waals surface area contributed by atoms with E-state index in [4.69, 9.17) is 10.5 Å². The van der Waals surface area contributed by atoms with Gasteiger partial charge in [0.2, 0.25) is 0 Å². The molecule has 108 valence electrons. The van der Waals surface area contributed by atoms with Crippen LogP contribution in [0, 0.1) is 0 Å². The topological polar surface area (TPSA) is 60.2 Å². The lowest BCUT2D eigenvalue weighted by molar-refractivity contribution is 0.0144. The van der Waals surface area contributed by atoms with Gasteiger partial charge in [0.1, 0.15) is 6.61 Å². The first-order valence-corrected chi connectivity index (χ1v) is 6.41. The number of nitrogen functional groups attached to an aromatic ring is 1. The predicted molar refractivity (Wildman–Crippen MR) is 71.3 cm³/mol. The number of likely N-dealkylation sites (N-methyl/N-ethyl adjacent to an activating group) is 1. The standard InChI is InChI=1S/C13H21F2N3O/c1-2-18-11(4-6-19-9-13(14)15)7-10-8-17-5-3-12(10)16/h3,5,8,11,13,18H,2,4,6-7,9H2,1H3,(H2,16,17). The fourth-order valence-corrected chi connectivity index (χ4v) is 1.84. The van der Waals surface area contributed by atoms with Gasteiger partial charge in [0.25, 0.3) is 6.43 Å². The number of halogens is 2. The minimum atomic E-state index is -2.41. The maximum Gasteiger partial charge on any atom is 0.261 e. The van der Waals surface area contributed by atoms with Gasteiger partial charge in [0, 0.05) is 30.7 Å². The Balaban J connectivity index is 2.42. The summed E-state index contributed by atoms with van der Waals surface area (Å²) in [4.78, 5) is 4.04. The maximum absolute atomic E-state index is 11.9. The van der Waals surface area contributed by atoms with Gasteiger partial charge in [0.05, 0.1) is 0 Å². The van der Waals surface area contributed by atoms with E-state index >= 15 is 0 Å². The van der Waals surface area contributed by atoms with Crippen molar-refractivity contribution in [3.05, 3.63) is 24.0 Å². The Morgan fingerprint density at radius 1 is 1.47 bits per heavy atom. The van der Waals surface area contributed by atoms with E-state index in [2.05, 4.69) is 10.3 Å². The second-order valence-electron chi connectivity index (χ2n) is 4.29. The molecule has 19 heavy (non-hydrogen) atoms. The molecule has 1 aromatic rings. The lowest BCUT2D eigenvalue weighted by Crippen LogP contribution is -2.32. The Kier molecular flexibility index (Phi) is 7.28. The Morgan fingerprint density at radius 3 is 2.89 bits per heavy atom. The van der Waals surface area contributed by atoms with Crippen LogP contribution >= 0.6 is 0 Å². The van der Waals surface area contributed by atoms with Gasteiger partial charge in [-0.05, 0) is 31.0 Å². The van der Waals surface area contributed by atoms with Crippen molar-refractivity contribution in [3.8, 4) is 0 Å². The highest BCUT2D eigenvalue weighted by Crippen LogP contribution is 2.13. The molecule has 3 N–H and O–H groups in total. The molecule has 0 radical (unpaired) electrons. The third-order valence-corrected chi connectivity index (χ3v) is 2.75. The molecule has 0 bridgehead atoms. The van der Waals surface area contributed by atoms with E-state index in [0.717, 1.165) is 12.1 Å². The van der Waals surface area contributed by atoms with Crippen molar-refractivity contribution in [1.29, 1.82) is 0 Å².